The summed E-state index contributed by atoms with van der Waals surface area (Å²) in [5, 5.41) is 15.4. The van der Waals surface area contributed by atoms with Gasteiger partial charge in [0.15, 0.2) is 0 Å². The van der Waals surface area contributed by atoms with E-state index in [4.69, 9.17) is 9.47 Å². The minimum Gasteiger partial charge on any atom is -0.494 e. The number of hydrogen-bond donors (Lipinski definition) is 1. The molecule has 30 heavy (non-hydrogen) atoms. The number of ether oxygens (including phenoxy) is 2. The second-order valence-corrected chi connectivity index (χ2v) is 6.65. The molecule has 1 saturated heterocycles. The molecule has 3 rings (SSSR count). The van der Waals surface area contributed by atoms with Gasteiger partial charge in [0.05, 0.1) is 37.4 Å². The Kier molecular flexibility index (Phi) is 7.34. The molecule has 0 atom stereocenters. The number of morpholine rings is 1. The second kappa shape index (κ2) is 10.4. The van der Waals surface area contributed by atoms with Crippen LogP contribution in [0.1, 0.15) is 18.1 Å². The van der Waals surface area contributed by atoms with E-state index in [0.717, 1.165) is 11.3 Å². The van der Waals surface area contributed by atoms with Crippen LogP contribution < -0.4 is 15.1 Å². The molecular formula is C21H24N4O5. The van der Waals surface area contributed by atoms with Crippen molar-refractivity contribution in [1.82, 2.24) is 5.43 Å². The monoisotopic (exact) mass is 412 g/mol. The maximum atomic E-state index is 12.1. The van der Waals surface area contributed by atoms with E-state index in [1.807, 2.05) is 36.1 Å². The topological polar surface area (TPSA) is 106 Å². The standard InChI is InChI=1S/C21H24N4O5/c1-2-30-18-6-3-16(4-7-18)14-21(26)23-22-15-17-5-8-19(20(13-17)25(27)28)24-9-11-29-12-10-24/h3-8,13,15H,2,9-12,14H2,1H3,(H,23,26)/b22-15-. The predicted molar refractivity (Wildman–Crippen MR) is 113 cm³/mol. The molecule has 0 spiro atoms. The molecule has 1 aliphatic rings. The van der Waals surface area contributed by atoms with Gasteiger partial charge in [0.2, 0.25) is 5.91 Å². The van der Waals surface area contributed by atoms with Crippen molar-refractivity contribution in [2.45, 2.75) is 13.3 Å². The Bertz CT molecular complexity index is 908. The second-order valence-electron chi connectivity index (χ2n) is 6.65. The van der Waals surface area contributed by atoms with Crippen molar-refractivity contribution in [3.05, 3.63) is 63.7 Å². The Balaban J connectivity index is 1.60. The molecule has 0 bridgehead atoms. The van der Waals surface area contributed by atoms with Gasteiger partial charge in [0.25, 0.3) is 5.69 Å². The highest BCUT2D eigenvalue weighted by molar-refractivity contribution is 5.85. The van der Waals surface area contributed by atoms with E-state index in [9.17, 15) is 14.9 Å². The fourth-order valence-corrected chi connectivity index (χ4v) is 3.11. The van der Waals surface area contributed by atoms with Gasteiger partial charge in [-0.25, -0.2) is 5.43 Å². The molecule has 1 heterocycles. The Hall–Kier alpha value is -3.46. The third kappa shape index (κ3) is 5.77. The molecule has 0 aliphatic carbocycles. The summed E-state index contributed by atoms with van der Waals surface area (Å²) in [6.45, 7) is 4.79. The lowest BCUT2D eigenvalue weighted by Gasteiger charge is -2.28. The molecule has 0 aromatic heterocycles. The van der Waals surface area contributed by atoms with Crippen LogP contribution >= 0.6 is 0 Å². The Morgan fingerprint density at radius 3 is 2.67 bits per heavy atom. The highest BCUT2D eigenvalue weighted by atomic mass is 16.6. The first kappa shape index (κ1) is 21.3. The highest BCUT2D eigenvalue weighted by Crippen LogP contribution is 2.29. The average molecular weight is 412 g/mol. The van der Waals surface area contributed by atoms with Crippen LogP contribution in [-0.4, -0.2) is 50.0 Å². The maximum Gasteiger partial charge on any atom is 0.293 e. The quantitative estimate of drug-likeness (QED) is 0.406. The first-order valence-electron chi connectivity index (χ1n) is 9.71. The van der Waals surface area contributed by atoms with Gasteiger partial charge < -0.3 is 14.4 Å². The zero-order valence-electron chi connectivity index (χ0n) is 16.7. The normalized spacial score (nSPS) is 14.0. The van der Waals surface area contributed by atoms with Gasteiger partial charge in [-0.3, -0.25) is 14.9 Å². The molecule has 0 radical (unpaired) electrons. The molecule has 1 aliphatic heterocycles. The van der Waals surface area contributed by atoms with E-state index in [-0.39, 0.29) is 18.0 Å². The van der Waals surface area contributed by atoms with E-state index in [2.05, 4.69) is 10.5 Å². The van der Waals surface area contributed by atoms with E-state index in [1.54, 1.807) is 12.1 Å². The number of hydrogen-bond acceptors (Lipinski definition) is 7. The summed E-state index contributed by atoms with van der Waals surface area (Å²) in [5.74, 6) is 0.469. The lowest BCUT2D eigenvalue weighted by Crippen LogP contribution is -2.36. The number of hydrazone groups is 1. The highest BCUT2D eigenvalue weighted by Gasteiger charge is 2.21. The van der Waals surface area contributed by atoms with Crippen molar-refractivity contribution in [2.24, 2.45) is 5.10 Å². The molecule has 9 heteroatoms. The number of nitro groups is 1. The predicted octanol–water partition coefficient (Wildman–Crippen LogP) is 2.52. The van der Waals surface area contributed by atoms with Crippen LogP contribution in [-0.2, 0) is 16.0 Å². The zero-order chi connectivity index (χ0) is 21.3. The van der Waals surface area contributed by atoms with Crippen molar-refractivity contribution in [3.63, 3.8) is 0 Å². The third-order valence-corrected chi connectivity index (χ3v) is 4.55. The molecule has 0 saturated carbocycles. The van der Waals surface area contributed by atoms with Gasteiger partial charge in [-0.2, -0.15) is 5.10 Å². The van der Waals surface area contributed by atoms with Gasteiger partial charge in [-0.15, -0.1) is 0 Å². The smallest absolute Gasteiger partial charge is 0.293 e. The van der Waals surface area contributed by atoms with E-state index in [0.29, 0.717) is 44.2 Å². The lowest BCUT2D eigenvalue weighted by atomic mass is 10.1. The fourth-order valence-electron chi connectivity index (χ4n) is 3.11. The molecule has 1 amide bonds. The van der Waals surface area contributed by atoms with Crippen molar-refractivity contribution in [1.29, 1.82) is 0 Å². The SMILES string of the molecule is CCOc1ccc(CC(=O)N/N=C\c2ccc(N3CCOCC3)c([N+](=O)[O-])c2)cc1. The maximum absolute atomic E-state index is 12.1. The molecule has 1 fully saturated rings. The van der Waals surface area contributed by atoms with Crippen LogP contribution in [0.15, 0.2) is 47.6 Å². The number of benzene rings is 2. The van der Waals surface area contributed by atoms with Crippen molar-refractivity contribution in [2.75, 3.05) is 37.8 Å². The Morgan fingerprint density at radius 2 is 2.00 bits per heavy atom. The largest absolute Gasteiger partial charge is 0.494 e. The first-order chi connectivity index (χ1) is 14.6. The number of nitro benzene ring substituents is 1. The van der Waals surface area contributed by atoms with Crippen LogP contribution in [0, 0.1) is 10.1 Å². The number of nitrogens with zero attached hydrogens (tertiary/aromatic N) is 3. The summed E-state index contributed by atoms with van der Waals surface area (Å²) in [6, 6.07) is 12.2. The summed E-state index contributed by atoms with van der Waals surface area (Å²) < 4.78 is 10.7. The Labute approximate surface area is 174 Å². The molecule has 1 N–H and O–H groups in total. The van der Waals surface area contributed by atoms with Crippen LogP contribution in [0.3, 0.4) is 0 Å². The minimum absolute atomic E-state index is 0.00145. The van der Waals surface area contributed by atoms with Crippen LogP contribution in [0.4, 0.5) is 11.4 Å². The van der Waals surface area contributed by atoms with Crippen LogP contribution in [0.25, 0.3) is 0 Å². The lowest BCUT2D eigenvalue weighted by molar-refractivity contribution is -0.384. The van der Waals surface area contributed by atoms with Gasteiger partial charge in [-0.05, 0) is 30.7 Å². The summed E-state index contributed by atoms with van der Waals surface area (Å²) in [4.78, 5) is 25.1. The van der Waals surface area contributed by atoms with Crippen LogP contribution in [0.2, 0.25) is 0 Å². The number of nitrogens with one attached hydrogen (secondary N) is 1. The Morgan fingerprint density at radius 1 is 1.27 bits per heavy atom. The van der Waals surface area contributed by atoms with E-state index >= 15 is 0 Å². The van der Waals surface area contributed by atoms with Gasteiger partial charge >= 0.3 is 0 Å². The summed E-state index contributed by atoms with van der Waals surface area (Å²) in [7, 11) is 0. The third-order valence-electron chi connectivity index (χ3n) is 4.55. The van der Waals surface area contributed by atoms with Gasteiger partial charge in [0.1, 0.15) is 11.4 Å². The number of carbonyl (C=O) groups excluding carboxylic acids is 1. The number of amides is 1. The van der Waals surface area contributed by atoms with E-state index < -0.39 is 4.92 Å². The number of rotatable bonds is 8. The molecular weight excluding hydrogens is 388 g/mol. The minimum atomic E-state index is -0.410. The van der Waals surface area contributed by atoms with Crippen LogP contribution in [0.5, 0.6) is 5.75 Å². The zero-order valence-corrected chi connectivity index (χ0v) is 16.7. The summed E-state index contributed by atoms with van der Waals surface area (Å²) >= 11 is 0. The fraction of sp³-hybridized carbons (Fsp3) is 0.333. The molecule has 2 aromatic carbocycles. The van der Waals surface area contributed by atoms with Gasteiger partial charge in [0, 0.05) is 24.7 Å². The molecule has 9 nitrogen and oxygen atoms in total. The number of carbonyl (C=O) groups is 1. The molecule has 158 valence electrons. The molecule has 0 unspecified atom stereocenters. The summed E-state index contributed by atoms with van der Waals surface area (Å²) in [5.41, 5.74) is 4.36. The summed E-state index contributed by atoms with van der Waals surface area (Å²) in [6.07, 6.45) is 1.56. The van der Waals surface area contributed by atoms with Gasteiger partial charge in [-0.1, -0.05) is 18.2 Å². The van der Waals surface area contributed by atoms with E-state index in [1.165, 1.54) is 12.3 Å². The number of anilines is 1. The average Bonchev–Trinajstić information content (AvgIpc) is 2.76. The van der Waals surface area contributed by atoms with Crippen molar-refractivity contribution in [3.8, 4) is 5.75 Å². The van der Waals surface area contributed by atoms with Crippen molar-refractivity contribution < 1.29 is 19.2 Å². The first-order valence-corrected chi connectivity index (χ1v) is 9.71. The van der Waals surface area contributed by atoms with Crippen molar-refractivity contribution >= 4 is 23.5 Å². The molecule has 2 aromatic rings.